The first-order chi connectivity index (χ1) is 31.7. The predicted octanol–water partition coefficient (Wildman–Crippen LogP) is 4.77. The van der Waals surface area contributed by atoms with Crippen molar-refractivity contribution in [2.45, 2.75) is 142 Å². The standard InChI is InChI=1S/C50H63NO16S/c1-26(2)31(53)23-68-24-35(54)64-33-21-34-49(25-62-34,66-28(4)52)40-42(65-43(58)30-19-15-12-16-20-30)50(61)22-32(27(3)36(47(50,8)9)38(55)41(57)48(33,40)10)63-44(59)39(56)37(29-17-13-11-14-18-29)51-45(60)67-46(5,6)7/h11-20,26,32-34,37-40,42,55-56,61H,21-25H2,1-10H3,(H,51,60)/t32-,33-,34+,37-,38+,39+,40-,42-,48+,49-,50+/m0/s1. The number of hydrogen-bond donors (Lipinski definition) is 4. The van der Waals surface area contributed by atoms with Crippen molar-refractivity contribution in [1.29, 1.82) is 0 Å². The van der Waals surface area contributed by atoms with Gasteiger partial charge in [0.25, 0.3) is 0 Å². The van der Waals surface area contributed by atoms with E-state index >= 15 is 4.79 Å². The van der Waals surface area contributed by atoms with Crippen molar-refractivity contribution in [2.75, 3.05) is 18.1 Å². The molecule has 4 N–H and O–H groups in total. The van der Waals surface area contributed by atoms with E-state index in [4.69, 9.17) is 28.4 Å². The van der Waals surface area contributed by atoms with Gasteiger partial charge in [0.15, 0.2) is 17.5 Å². The quantitative estimate of drug-likeness (QED) is 0.113. The third-order valence-electron chi connectivity index (χ3n) is 13.9. The summed E-state index contributed by atoms with van der Waals surface area (Å²) in [4.78, 5) is 96.7. The lowest BCUT2D eigenvalue weighted by Gasteiger charge is -2.67. The molecule has 6 rings (SSSR count). The summed E-state index contributed by atoms with van der Waals surface area (Å²) < 4.78 is 36.2. The van der Waals surface area contributed by atoms with E-state index in [0.29, 0.717) is 5.56 Å². The molecule has 370 valence electrons. The molecule has 0 unspecified atom stereocenters. The van der Waals surface area contributed by atoms with E-state index in [1.807, 2.05) is 0 Å². The van der Waals surface area contributed by atoms with Gasteiger partial charge in [-0.3, -0.25) is 19.2 Å². The number of carbonyl (C=O) groups is 7. The molecule has 17 nitrogen and oxygen atoms in total. The zero-order valence-corrected chi connectivity index (χ0v) is 40.9. The van der Waals surface area contributed by atoms with Gasteiger partial charge >= 0.3 is 30.0 Å². The molecule has 68 heavy (non-hydrogen) atoms. The molecule has 1 aliphatic heterocycles. The molecular formula is C50H63NO16S. The molecule has 3 fully saturated rings. The Morgan fingerprint density at radius 1 is 0.926 bits per heavy atom. The zero-order valence-electron chi connectivity index (χ0n) is 40.1. The van der Waals surface area contributed by atoms with Crippen LogP contribution in [0.4, 0.5) is 4.79 Å². The summed E-state index contributed by atoms with van der Waals surface area (Å²) in [5, 5.41) is 40.6. The van der Waals surface area contributed by atoms with Crippen molar-refractivity contribution < 1.29 is 77.3 Å². The molecule has 2 aromatic carbocycles. The van der Waals surface area contributed by atoms with Crippen LogP contribution in [-0.4, -0.2) is 128 Å². The first kappa shape index (κ1) is 52.2. The predicted molar refractivity (Wildman–Crippen MR) is 245 cm³/mol. The second-order valence-electron chi connectivity index (χ2n) is 20.2. The Hall–Kier alpha value is -5.14. The molecule has 2 saturated carbocycles. The number of nitrogens with one attached hydrogen (secondary N) is 1. The third kappa shape index (κ3) is 9.84. The normalized spacial score (nSPS) is 30.4. The lowest BCUT2D eigenvalue weighted by atomic mass is 9.44. The van der Waals surface area contributed by atoms with Crippen LogP contribution >= 0.6 is 11.8 Å². The second-order valence-corrected chi connectivity index (χ2v) is 21.1. The Labute approximate surface area is 400 Å². The van der Waals surface area contributed by atoms with Gasteiger partial charge in [0, 0.05) is 31.1 Å². The van der Waals surface area contributed by atoms with Crippen molar-refractivity contribution >= 4 is 53.3 Å². The van der Waals surface area contributed by atoms with Crippen LogP contribution in [0.5, 0.6) is 0 Å². The monoisotopic (exact) mass is 965 g/mol. The highest BCUT2D eigenvalue weighted by Gasteiger charge is 2.78. The molecule has 1 saturated heterocycles. The molecular weight excluding hydrogens is 903 g/mol. The molecule has 0 spiro atoms. The fourth-order valence-electron chi connectivity index (χ4n) is 10.3. The van der Waals surface area contributed by atoms with E-state index in [-0.39, 0.29) is 52.9 Å². The summed E-state index contributed by atoms with van der Waals surface area (Å²) >= 11 is 1.02. The molecule has 4 aliphatic rings. The summed E-state index contributed by atoms with van der Waals surface area (Å²) in [5.41, 5.74) is -8.72. The van der Waals surface area contributed by atoms with Crippen molar-refractivity contribution in [1.82, 2.24) is 5.32 Å². The van der Waals surface area contributed by atoms with Gasteiger partial charge in [0.05, 0.1) is 41.1 Å². The summed E-state index contributed by atoms with van der Waals surface area (Å²) in [6.45, 7) is 15.1. The highest BCUT2D eigenvalue weighted by molar-refractivity contribution is 8.00. The number of Topliss-reactive ketones (excluding diaryl/α,β-unsaturated/α-hetero) is 2. The van der Waals surface area contributed by atoms with E-state index in [2.05, 4.69) is 5.32 Å². The van der Waals surface area contributed by atoms with Crippen LogP contribution < -0.4 is 5.32 Å². The Kier molecular flexibility index (Phi) is 15.1. The van der Waals surface area contributed by atoms with Crippen molar-refractivity contribution in [2.24, 2.45) is 22.7 Å². The number of thioether (sulfide) groups is 1. The highest BCUT2D eigenvalue weighted by Crippen LogP contribution is 2.64. The number of benzene rings is 2. The minimum Gasteiger partial charge on any atom is -0.461 e. The number of aliphatic hydroxyl groups is 3. The molecule has 11 atom stereocenters. The molecule has 3 aliphatic carbocycles. The lowest BCUT2D eigenvalue weighted by Crippen LogP contribution is -2.82. The largest absolute Gasteiger partial charge is 0.461 e. The number of fused-ring (bicyclic) bond motifs is 5. The van der Waals surface area contributed by atoms with E-state index in [1.165, 1.54) is 39.8 Å². The molecule has 0 aromatic heterocycles. The van der Waals surface area contributed by atoms with Crippen LogP contribution in [0.2, 0.25) is 0 Å². The van der Waals surface area contributed by atoms with Crippen molar-refractivity contribution in [3.8, 4) is 0 Å². The molecule has 1 heterocycles. The average Bonchev–Trinajstić information content (AvgIpc) is 3.25. The van der Waals surface area contributed by atoms with Crippen LogP contribution in [-0.2, 0) is 52.4 Å². The first-order valence-electron chi connectivity index (χ1n) is 22.7. The number of esters is 4. The van der Waals surface area contributed by atoms with Gasteiger partial charge in [-0.05, 0) is 63.5 Å². The minimum atomic E-state index is -2.45. The fraction of sp³-hybridized carbons (Fsp3) is 0.580. The van der Waals surface area contributed by atoms with Gasteiger partial charge in [0.2, 0.25) is 0 Å². The number of aliphatic hydroxyl groups excluding tert-OH is 2. The Balaban J connectivity index is 1.50. The number of rotatable bonds is 14. The molecule has 0 radical (unpaired) electrons. The van der Waals surface area contributed by atoms with Gasteiger partial charge in [-0.2, -0.15) is 0 Å². The van der Waals surface area contributed by atoms with Gasteiger partial charge in [-0.15, -0.1) is 11.8 Å². The van der Waals surface area contributed by atoms with E-state index < -0.39 is 118 Å². The number of ketones is 2. The summed E-state index contributed by atoms with van der Waals surface area (Å²) in [5.74, 6) is -7.10. The van der Waals surface area contributed by atoms with Gasteiger partial charge in [-0.1, -0.05) is 76.2 Å². The molecule has 1 amide bonds. The van der Waals surface area contributed by atoms with Crippen LogP contribution in [0, 0.1) is 22.7 Å². The smallest absolute Gasteiger partial charge is 0.408 e. The number of hydrogen-bond acceptors (Lipinski definition) is 17. The zero-order chi connectivity index (χ0) is 50.3. The van der Waals surface area contributed by atoms with Gasteiger partial charge < -0.3 is 49.1 Å². The van der Waals surface area contributed by atoms with Gasteiger partial charge in [0.1, 0.15) is 47.5 Å². The van der Waals surface area contributed by atoms with E-state index in [0.717, 1.165) is 18.7 Å². The number of carbonyl (C=O) groups excluding carboxylic acids is 7. The van der Waals surface area contributed by atoms with Crippen LogP contribution in [0.25, 0.3) is 0 Å². The molecule has 18 heteroatoms. The number of ether oxygens (including phenoxy) is 6. The summed E-state index contributed by atoms with van der Waals surface area (Å²) in [6, 6.07) is 14.5. The van der Waals surface area contributed by atoms with E-state index in [9.17, 15) is 44.1 Å². The molecule has 2 aromatic rings. The topological polar surface area (TPSA) is 248 Å². The summed E-state index contributed by atoms with van der Waals surface area (Å²) in [6.07, 6.45) is -11.9. The van der Waals surface area contributed by atoms with Crippen LogP contribution in [0.15, 0.2) is 71.8 Å². The summed E-state index contributed by atoms with van der Waals surface area (Å²) in [7, 11) is 0. The van der Waals surface area contributed by atoms with Gasteiger partial charge in [-0.25, -0.2) is 14.4 Å². The minimum absolute atomic E-state index is 0.0132. The van der Waals surface area contributed by atoms with Crippen LogP contribution in [0.1, 0.15) is 104 Å². The van der Waals surface area contributed by atoms with Crippen molar-refractivity contribution in [3.05, 3.63) is 82.9 Å². The van der Waals surface area contributed by atoms with E-state index in [1.54, 1.807) is 83.1 Å². The first-order valence-corrected chi connectivity index (χ1v) is 23.8. The SMILES string of the molecule is CC(=O)O[C@@]12CO[C@@H]1C[C@H](OC(=O)CSCC(=O)C(C)C)[C@@]1(C)C(=O)[C@H](O)C3=C(C)[C@@H](OC(=O)[C@H](O)[C@@H](NC(=O)OC(C)(C)C)c4ccccc4)C[C@@](O)([C@@H](OC(=O)c4ccccc4)[C@H]21)C3(C)C. The maximum atomic E-state index is 15.6. The Morgan fingerprint density at radius 3 is 2.10 bits per heavy atom. The maximum absolute atomic E-state index is 15.6. The number of alkyl carbamates (subject to hydrolysis) is 1. The maximum Gasteiger partial charge on any atom is 0.408 e. The van der Waals surface area contributed by atoms with Crippen LogP contribution in [0.3, 0.4) is 0 Å². The number of amides is 1. The fourth-order valence-corrected chi connectivity index (χ4v) is 11.2. The Morgan fingerprint density at radius 2 is 1.54 bits per heavy atom. The Bertz CT molecular complexity index is 2310. The lowest BCUT2D eigenvalue weighted by molar-refractivity contribution is -0.346. The van der Waals surface area contributed by atoms with Crippen molar-refractivity contribution in [3.63, 3.8) is 0 Å². The second kappa shape index (κ2) is 19.7. The average molecular weight is 966 g/mol. The highest BCUT2D eigenvalue weighted by atomic mass is 32.2. The third-order valence-corrected chi connectivity index (χ3v) is 14.8. The molecule has 2 bridgehead atoms.